The zero-order valence-electron chi connectivity index (χ0n) is 22.7. The standard InChI is InChI=1S/C28H41N7O2/c1-20-19-35(22-9-7-6-8-10-22)25-24(20)18-30-26(32-25)31-21(2)11-12-23(17-29)33-13-15-34(16-14-33)27(36)37-28(3,4)5/h11-12,17-19,22H,2,6-10,13-16,29H2,1,3-5H3,(H,30,31,32)/b12-11-,23-17+. The van der Waals surface area contributed by atoms with Crippen LogP contribution in [0.2, 0.25) is 0 Å². The highest BCUT2D eigenvalue weighted by atomic mass is 16.6. The van der Waals surface area contributed by atoms with Gasteiger partial charge in [-0.05, 0) is 58.3 Å². The number of anilines is 1. The minimum absolute atomic E-state index is 0.277. The molecular weight excluding hydrogens is 466 g/mol. The maximum Gasteiger partial charge on any atom is 0.410 e. The first-order valence-corrected chi connectivity index (χ1v) is 13.3. The fourth-order valence-electron chi connectivity index (χ4n) is 5.00. The molecule has 200 valence electrons. The van der Waals surface area contributed by atoms with Crippen molar-refractivity contribution in [3.63, 3.8) is 0 Å². The van der Waals surface area contributed by atoms with Crippen LogP contribution in [0.15, 0.2) is 48.7 Å². The van der Waals surface area contributed by atoms with Crippen LogP contribution in [0.1, 0.15) is 64.5 Å². The maximum atomic E-state index is 12.3. The Kier molecular flexibility index (Phi) is 8.10. The summed E-state index contributed by atoms with van der Waals surface area (Å²) in [5, 5.41) is 4.32. The Morgan fingerprint density at radius 3 is 2.46 bits per heavy atom. The molecule has 0 spiro atoms. The smallest absolute Gasteiger partial charge is 0.410 e. The Bertz CT molecular complexity index is 1180. The predicted molar refractivity (Wildman–Crippen MR) is 148 cm³/mol. The summed E-state index contributed by atoms with van der Waals surface area (Å²) in [6.07, 6.45) is 15.5. The van der Waals surface area contributed by atoms with Crippen LogP contribution in [0.25, 0.3) is 11.0 Å². The van der Waals surface area contributed by atoms with Crippen molar-refractivity contribution in [2.45, 2.75) is 71.4 Å². The zero-order valence-corrected chi connectivity index (χ0v) is 22.7. The molecule has 9 nitrogen and oxygen atoms in total. The molecule has 0 unspecified atom stereocenters. The number of aryl methyl sites for hydroxylation is 1. The fraction of sp³-hybridized carbons (Fsp3) is 0.536. The molecule has 4 rings (SSSR count). The van der Waals surface area contributed by atoms with E-state index in [1.54, 1.807) is 11.1 Å². The van der Waals surface area contributed by atoms with E-state index in [1.807, 2.05) is 39.1 Å². The number of carbonyl (C=O) groups excluding carboxylic acids is 1. The lowest BCUT2D eigenvalue weighted by molar-refractivity contribution is 0.0171. The van der Waals surface area contributed by atoms with Crippen molar-refractivity contribution in [1.29, 1.82) is 0 Å². The van der Waals surface area contributed by atoms with Crippen molar-refractivity contribution in [3.8, 4) is 0 Å². The van der Waals surface area contributed by atoms with Crippen LogP contribution in [-0.4, -0.2) is 62.2 Å². The summed E-state index contributed by atoms with van der Waals surface area (Å²) in [7, 11) is 0. The van der Waals surface area contributed by atoms with E-state index in [0.29, 0.717) is 43.9 Å². The number of nitrogens with zero attached hydrogens (tertiary/aromatic N) is 5. The van der Waals surface area contributed by atoms with Gasteiger partial charge in [-0.3, -0.25) is 0 Å². The number of fused-ring (bicyclic) bond motifs is 1. The number of amides is 1. The van der Waals surface area contributed by atoms with Crippen LogP contribution in [0.3, 0.4) is 0 Å². The highest BCUT2D eigenvalue weighted by Crippen LogP contribution is 2.32. The van der Waals surface area contributed by atoms with Crippen LogP contribution in [0.4, 0.5) is 10.7 Å². The van der Waals surface area contributed by atoms with Gasteiger partial charge in [-0.1, -0.05) is 25.8 Å². The first-order valence-electron chi connectivity index (χ1n) is 13.3. The predicted octanol–water partition coefficient (Wildman–Crippen LogP) is 5.08. The zero-order chi connectivity index (χ0) is 26.6. The van der Waals surface area contributed by atoms with Crippen molar-refractivity contribution in [3.05, 3.63) is 54.3 Å². The normalized spacial score (nSPS) is 18.0. The minimum Gasteiger partial charge on any atom is -0.444 e. The summed E-state index contributed by atoms with van der Waals surface area (Å²) in [5.74, 6) is 0.529. The first-order chi connectivity index (χ1) is 17.6. The van der Waals surface area contributed by atoms with Gasteiger partial charge in [-0.15, -0.1) is 0 Å². The quantitative estimate of drug-likeness (QED) is 0.526. The van der Waals surface area contributed by atoms with Crippen LogP contribution in [-0.2, 0) is 4.74 Å². The molecule has 3 N–H and O–H groups in total. The van der Waals surface area contributed by atoms with Crippen molar-refractivity contribution in [1.82, 2.24) is 24.3 Å². The first kappa shape index (κ1) is 26.6. The third-order valence-corrected chi connectivity index (χ3v) is 6.93. The summed E-state index contributed by atoms with van der Waals surface area (Å²) in [4.78, 5) is 25.6. The van der Waals surface area contributed by atoms with E-state index in [-0.39, 0.29) is 6.09 Å². The van der Waals surface area contributed by atoms with Gasteiger partial charge in [0, 0.05) is 61.9 Å². The number of piperazine rings is 1. The molecule has 2 aromatic rings. The van der Waals surface area contributed by atoms with Gasteiger partial charge in [0.05, 0.1) is 5.70 Å². The molecule has 1 aliphatic heterocycles. The second kappa shape index (κ2) is 11.3. The molecule has 1 saturated heterocycles. The van der Waals surface area contributed by atoms with Gasteiger partial charge < -0.3 is 30.2 Å². The molecule has 37 heavy (non-hydrogen) atoms. The Morgan fingerprint density at radius 2 is 1.81 bits per heavy atom. The molecule has 2 aliphatic rings. The largest absolute Gasteiger partial charge is 0.444 e. The minimum atomic E-state index is -0.501. The van der Waals surface area contributed by atoms with Gasteiger partial charge >= 0.3 is 6.09 Å². The molecule has 1 saturated carbocycles. The summed E-state index contributed by atoms with van der Waals surface area (Å²) in [6.45, 7) is 14.4. The number of aromatic nitrogens is 3. The highest BCUT2D eigenvalue weighted by molar-refractivity contribution is 5.80. The van der Waals surface area contributed by atoms with Crippen molar-refractivity contribution in [2.75, 3.05) is 31.5 Å². The molecule has 3 heterocycles. The summed E-state index contributed by atoms with van der Waals surface area (Å²) in [6, 6.07) is 0.504. The number of ether oxygens (including phenoxy) is 1. The molecular formula is C28H41N7O2. The second-order valence-corrected chi connectivity index (χ2v) is 11.0. The number of nitrogens with two attached hydrogens (primary N) is 1. The van der Waals surface area contributed by atoms with Gasteiger partial charge in [0.1, 0.15) is 11.2 Å². The number of carbonyl (C=O) groups is 1. The Hall–Kier alpha value is -3.49. The number of allylic oxidation sites excluding steroid dienone is 2. The average Bonchev–Trinajstić information content (AvgIpc) is 3.20. The van der Waals surface area contributed by atoms with Crippen LogP contribution in [0, 0.1) is 6.92 Å². The van der Waals surface area contributed by atoms with E-state index < -0.39 is 5.60 Å². The van der Waals surface area contributed by atoms with E-state index in [0.717, 1.165) is 16.7 Å². The van der Waals surface area contributed by atoms with Crippen LogP contribution < -0.4 is 11.1 Å². The molecule has 0 radical (unpaired) electrons. The lowest BCUT2D eigenvalue weighted by atomic mass is 9.95. The van der Waals surface area contributed by atoms with Gasteiger partial charge in [-0.2, -0.15) is 4.98 Å². The van der Waals surface area contributed by atoms with Crippen molar-refractivity contribution < 1.29 is 9.53 Å². The molecule has 0 atom stereocenters. The van der Waals surface area contributed by atoms with Gasteiger partial charge in [-0.25, -0.2) is 9.78 Å². The van der Waals surface area contributed by atoms with Crippen LogP contribution in [0.5, 0.6) is 0 Å². The number of nitrogens with one attached hydrogen (secondary N) is 1. The van der Waals surface area contributed by atoms with Gasteiger partial charge in [0.25, 0.3) is 0 Å². The molecule has 0 aromatic carbocycles. The fourth-order valence-corrected chi connectivity index (χ4v) is 5.00. The van der Waals surface area contributed by atoms with Gasteiger partial charge in [0.2, 0.25) is 5.95 Å². The summed E-state index contributed by atoms with van der Waals surface area (Å²) >= 11 is 0. The summed E-state index contributed by atoms with van der Waals surface area (Å²) < 4.78 is 7.82. The Morgan fingerprint density at radius 1 is 1.14 bits per heavy atom. The van der Waals surface area contributed by atoms with Gasteiger partial charge in [0.15, 0.2) is 0 Å². The van der Waals surface area contributed by atoms with Crippen molar-refractivity contribution in [2.24, 2.45) is 5.73 Å². The summed E-state index contributed by atoms with van der Waals surface area (Å²) in [5.41, 5.74) is 9.14. The monoisotopic (exact) mass is 507 g/mol. The maximum absolute atomic E-state index is 12.3. The topological polar surface area (TPSA) is 102 Å². The lowest BCUT2D eigenvalue weighted by Gasteiger charge is -2.37. The molecule has 9 heteroatoms. The highest BCUT2D eigenvalue weighted by Gasteiger charge is 2.26. The van der Waals surface area contributed by atoms with E-state index >= 15 is 0 Å². The third kappa shape index (κ3) is 6.64. The molecule has 1 amide bonds. The van der Waals surface area contributed by atoms with E-state index in [9.17, 15) is 4.79 Å². The van der Waals surface area contributed by atoms with E-state index in [4.69, 9.17) is 15.5 Å². The Labute approximate surface area is 220 Å². The number of hydrogen-bond donors (Lipinski definition) is 2. The SMILES string of the molecule is C=C(/C=C\C(=C/N)N1CCN(C(=O)OC(C)(C)C)CC1)Nc1ncc2c(C)cn(C3CCCCC3)c2n1. The van der Waals surface area contributed by atoms with E-state index in [2.05, 4.69) is 39.5 Å². The Balaban J connectivity index is 1.36. The van der Waals surface area contributed by atoms with Crippen LogP contribution >= 0.6 is 0 Å². The molecule has 2 aromatic heterocycles. The molecule has 2 fully saturated rings. The lowest BCUT2D eigenvalue weighted by Crippen LogP contribution is -2.49. The molecule has 1 aliphatic carbocycles. The van der Waals surface area contributed by atoms with Crippen molar-refractivity contribution >= 4 is 23.1 Å². The number of hydrogen-bond acceptors (Lipinski definition) is 7. The number of rotatable bonds is 6. The third-order valence-electron chi connectivity index (χ3n) is 6.93. The van der Waals surface area contributed by atoms with E-state index in [1.165, 1.54) is 37.7 Å². The second-order valence-electron chi connectivity index (χ2n) is 11.0. The molecule has 0 bridgehead atoms. The average molecular weight is 508 g/mol.